The van der Waals surface area contributed by atoms with Crippen molar-refractivity contribution < 1.29 is 22.3 Å². The number of hydrogen-bond acceptors (Lipinski definition) is 2. The first-order chi connectivity index (χ1) is 7.40. The number of halogens is 4. The van der Waals surface area contributed by atoms with E-state index in [0.717, 1.165) is 12.8 Å². The minimum absolute atomic E-state index is 0.139. The van der Waals surface area contributed by atoms with Crippen LogP contribution >= 0.6 is 0 Å². The Morgan fingerprint density at radius 2 is 2.00 bits per heavy atom. The van der Waals surface area contributed by atoms with E-state index >= 15 is 0 Å². The molecule has 0 heterocycles. The summed E-state index contributed by atoms with van der Waals surface area (Å²) in [6, 6.07) is -0.409. The van der Waals surface area contributed by atoms with Gasteiger partial charge in [-0.2, -0.15) is 8.78 Å². The summed E-state index contributed by atoms with van der Waals surface area (Å²) in [5, 5.41) is 0. The third kappa shape index (κ3) is 6.79. The molecule has 1 unspecified atom stereocenters. The molecule has 0 aromatic heterocycles. The molecule has 0 fully saturated rings. The van der Waals surface area contributed by atoms with Gasteiger partial charge in [0.15, 0.2) is 0 Å². The van der Waals surface area contributed by atoms with Gasteiger partial charge in [0.1, 0.15) is 6.61 Å². The van der Waals surface area contributed by atoms with Crippen LogP contribution in [0.4, 0.5) is 17.6 Å². The molecule has 0 aliphatic carbocycles. The van der Waals surface area contributed by atoms with Gasteiger partial charge < -0.3 is 10.5 Å². The van der Waals surface area contributed by atoms with Crippen LogP contribution in [0.2, 0.25) is 0 Å². The molecular formula is C10H17F4NO. The first-order valence-corrected chi connectivity index (χ1v) is 5.00. The van der Waals surface area contributed by atoms with Crippen molar-refractivity contribution in [3.05, 3.63) is 12.7 Å². The molecule has 0 rings (SSSR count). The molecule has 0 bridgehead atoms. The van der Waals surface area contributed by atoms with E-state index in [0.29, 0.717) is 6.42 Å². The Morgan fingerprint density at radius 3 is 2.50 bits per heavy atom. The highest BCUT2D eigenvalue weighted by molar-refractivity contribution is 4.71. The fourth-order valence-corrected chi connectivity index (χ4v) is 1.02. The van der Waals surface area contributed by atoms with Crippen LogP contribution < -0.4 is 5.73 Å². The second kappa shape index (κ2) is 7.62. The van der Waals surface area contributed by atoms with Gasteiger partial charge in [0.05, 0.1) is 6.61 Å². The zero-order chi connectivity index (χ0) is 12.6. The van der Waals surface area contributed by atoms with E-state index in [1.54, 1.807) is 6.08 Å². The van der Waals surface area contributed by atoms with Crippen LogP contribution in [0.25, 0.3) is 0 Å². The SMILES string of the molecule is C=CCCCC(N)COCC(F)(F)C(F)F. The van der Waals surface area contributed by atoms with Crippen molar-refractivity contribution in [2.24, 2.45) is 5.73 Å². The third-order valence-electron chi connectivity index (χ3n) is 1.93. The summed E-state index contributed by atoms with van der Waals surface area (Å²) in [6.07, 6.45) is 0.162. The average Bonchev–Trinajstić information content (AvgIpc) is 2.17. The van der Waals surface area contributed by atoms with E-state index in [9.17, 15) is 17.6 Å². The molecule has 0 radical (unpaired) electrons. The van der Waals surface area contributed by atoms with Crippen LogP contribution in [0.1, 0.15) is 19.3 Å². The molecule has 6 heteroatoms. The maximum atomic E-state index is 12.4. The fourth-order valence-electron chi connectivity index (χ4n) is 1.02. The molecule has 0 aromatic carbocycles. The topological polar surface area (TPSA) is 35.2 Å². The van der Waals surface area contributed by atoms with E-state index in [4.69, 9.17) is 5.73 Å². The Labute approximate surface area is 92.4 Å². The van der Waals surface area contributed by atoms with Crippen molar-refractivity contribution in [3.8, 4) is 0 Å². The normalized spacial score (nSPS) is 14.1. The van der Waals surface area contributed by atoms with Crippen LogP contribution in [0.3, 0.4) is 0 Å². The Kier molecular flexibility index (Phi) is 7.33. The third-order valence-corrected chi connectivity index (χ3v) is 1.93. The summed E-state index contributed by atoms with van der Waals surface area (Å²) in [4.78, 5) is 0. The molecule has 0 amide bonds. The van der Waals surface area contributed by atoms with E-state index in [1.165, 1.54) is 0 Å². The minimum Gasteiger partial charge on any atom is -0.373 e. The second-order valence-corrected chi connectivity index (χ2v) is 3.56. The highest BCUT2D eigenvalue weighted by atomic mass is 19.3. The highest BCUT2D eigenvalue weighted by Gasteiger charge is 2.40. The first-order valence-electron chi connectivity index (χ1n) is 5.00. The van der Waals surface area contributed by atoms with Crippen LogP contribution in [0, 0.1) is 0 Å². The van der Waals surface area contributed by atoms with Crippen molar-refractivity contribution in [1.29, 1.82) is 0 Å². The molecule has 2 nitrogen and oxygen atoms in total. The van der Waals surface area contributed by atoms with Gasteiger partial charge in [-0.3, -0.25) is 0 Å². The zero-order valence-electron chi connectivity index (χ0n) is 8.97. The Morgan fingerprint density at radius 1 is 1.38 bits per heavy atom. The maximum Gasteiger partial charge on any atom is 0.330 e. The summed E-state index contributed by atoms with van der Waals surface area (Å²) in [5.41, 5.74) is 5.53. The van der Waals surface area contributed by atoms with Gasteiger partial charge in [-0.15, -0.1) is 6.58 Å². The summed E-state index contributed by atoms with van der Waals surface area (Å²) in [5.74, 6) is -4.10. The van der Waals surface area contributed by atoms with Crippen LogP contribution in [0.5, 0.6) is 0 Å². The predicted molar refractivity (Wildman–Crippen MR) is 53.8 cm³/mol. The van der Waals surface area contributed by atoms with Gasteiger partial charge in [0.2, 0.25) is 0 Å². The lowest BCUT2D eigenvalue weighted by molar-refractivity contribution is -0.166. The summed E-state index contributed by atoms with van der Waals surface area (Å²) >= 11 is 0. The summed E-state index contributed by atoms with van der Waals surface area (Å²) in [7, 11) is 0. The summed E-state index contributed by atoms with van der Waals surface area (Å²) < 4.78 is 52.6. The number of unbranched alkanes of at least 4 members (excludes halogenated alkanes) is 1. The lowest BCUT2D eigenvalue weighted by atomic mass is 10.1. The van der Waals surface area contributed by atoms with E-state index in [2.05, 4.69) is 11.3 Å². The number of ether oxygens (including phenoxy) is 1. The van der Waals surface area contributed by atoms with Crippen molar-refractivity contribution in [2.45, 2.75) is 37.7 Å². The molecule has 0 aliphatic heterocycles. The van der Waals surface area contributed by atoms with Gasteiger partial charge in [-0.25, -0.2) is 8.78 Å². The second-order valence-electron chi connectivity index (χ2n) is 3.56. The molecule has 0 saturated carbocycles. The standard InChI is InChI=1S/C10H17F4NO/c1-2-3-4-5-8(15)6-16-7-10(13,14)9(11)12/h2,8-9H,1,3-7,15H2. The van der Waals surface area contributed by atoms with E-state index in [1.807, 2.05) is 0 Å². The van der Waals surface area contributed by atoms with Gasteiger partial charge in [-0.1, -0.05) is 6.08 Å². The van der Waals surface area contributed by atoms with Crippen molar-refractivity contribution in [2.75, 3.05) is 13.2 Å². The minimum atomic E-state index is -4.10. The average molecular weight is 243 g/mol. The van der Waals surface area contributed by atoms with Crippen LogP contribution in [-0.2, 0) is 4.74 Å². The first kappa shape index (κ1) is 15.4. The Balaban J connectivity index is 3.61. The van der Waals surface area contributed by atoms with Gasteiger partial charge in [0.25, 0.3) is 0 Å². The zero-order valence-corrected chi connectivity index (χ0v) is 8.97. The number of nitrogens with two attached hydrogens (primary N) is 1. The molecule has 0 aromatic rings. The fraction of sp³-hybridized carbons (Fsp3) is 0.800. The maximum absolute atomic E-state index is 12.4. The largest absolute Gasteiger partial charge is 0.373 e. The molecular weight excluding hydrogens is 226 g/mol. The molecule has 0 spiro atoms. The van der Waals surface area contributed by atoms with Crippen molar-refractivity contribution in [3.63, 3.8) is 0 Å². The van der Waals surface area contributed by atoms with Crippen LogP contribution in [-0.4, -0.2) is 31.6 Å². The Bertz CT molecular complexity index is 199. The number of hydrogen-bond donors (Lipinski definition) is 1. The smallest absolute Gasteiger partial charge is 0.330 e. The number of rotatable bonds is 9. The van der Waals surface area contributed by atoms with Crippen molar-refractivity contribution in [1.82, 2.24) is 0 Å². The van der Waals surface area contributed by atoms with Crippen LogP contribution in [0.15, 0.2) is 12.7 Å². The van der Waals surface area contributed by atoms with Crippen molar-refractivity contribution >= 4 is 0 Å². The number of allylic oxidation sites excluding steroid dienone is 1. The molecule has 0 saturated heterocycles. The Hall–Kier alpha value is -0.620. The molecule has 2 N–H and O–H groups in total. The predicted octanol–water partition coefficient (Wildman–Crippen LogP) is 2.59. The lowest BCUT2D eigenvalue weighted by Crippen LogP contribution is -2.35. The number of alkyl halides is 4. The van der Waals surface area contributed by atoms with E-state index < -0.39 is 25.0 Å². The van der Waals surface area contributed by atoms with Gasteiger partial charge in [-0.05, 0) is 19.3 Å². The highest BCUT2D eigenvalue weighted by Crippen LogP contribution is 2.22. The molecule has 96 valence electrons. The molecule has 0 aliphatic rings. The molecule has 1 atom stereocenters. The lowest BCUT2D eigenvalue weighted by Gasteiger charge is -2.17. The monoisotopic (exact) mass is 243 g/mol. The quantitative estimate of drug-likeness (QED) is 0.384. The van der Waals surface area contributed by atoms with Gasteiger partial charge in [0, 0.05) is 6.04 Å². The summed E-state index contributed by atoms with van der Waals surface area (Å²) in [6.45, 7) is 2.09. The van der Waals surface area contributed by atoms with E-state index in [-0.39, 0.29) is 6.61 Å². The van der Waals surface area contributed by atoms with Gasteiger partial charge >= 0.3 is 12.3 Å². The molecule has 16 heavy (non-hydrogen) atoms.